The second-order valence-corrected chi connectivity index (χ2v) is 5.89. The lowest BCUT2D eigenvalue weighted by Gasteiger charge is -2.06. The Kier molecular flexibility index (Phi) is 4.04. The largest absolute Gasteiger partial charge is 0.497 e. The highest BCUT2D eigenvalue weighted by Gasteiger charge is 2.19. The number of carbonyl (C=O) groups is 1. The highest BCUT2D eigenvalue weighted by molar-refractivity contribution is 6.08. The van der Waals surface area contributed by atoms with E-state index in [4.69, 9.17) is 4.74 Å². The van der Waals surface area contributed by atoms with Gasteiger partial charge in [-0.15, -0.1) is 0 Å². The van der Waals surface area contributed by atoms with Gasteiger partial charge in [0.2, 0.25) is 0 Å². The average molecular weight is 363 g/mol. The van der Waals surface area contributed by atoms with Crippen LogP contribution in [0.2, 0.25) is 0 Å². The summed E-state index contributed by atoms with van der Waals surface area (Å²) < 4.78 is 18.3. The van der Waals surface area contributed by atoms with Gasteiger partial charge in [-0.25, -0.2) is 14.2 Å². The fourth-order valence-electron chi connectivity index (χ4n) is 2.93. The van der Waals surface area contributed by atoms with Crippen molar-refractivity contribution in [3.63, 3.8) is 0 Å². The van der Waals surface area contributed by atoms with E-state index in [1.807, 2.05) is 0 Å². The van der Waals surface area contributed by atoms with Crippen molar-refractivity contribution in [2.24, 2.45) is 0 Å². The quantitative estimate of drug-likeness (QED) is 0.569. The fraction of sp³-hybridized carbons (Fsp3) is 0.0500. The first-order chi connectivity index (χ1) is 13.1. The molecule has 0 aliphatic carbocycles. The van der Waals surface area contributed by atoms with Crippen molar-refractivity contribution >= 4 is 17.0 Å². The minimum atomic E-state index is -1.10. The van der Waals surface area contributed by atoms with Gasteiger partial charge in [-0.05, 0) is 54.6 Å². The van der Waals surface area contributed by atoms with Crippen LogP contribution in [0.4, 0.5) is 4.39 Å². The summed E-state index contributed by atoms with van der Waals surface area (Å²) in [7, 11) is 1.57. The maximum atomic E-state index is 13.2. The maximum Gasteiger partial charge on any atom is 0.336 e. The van der Waals surface area contributed by atoms with Crippen molar-refractivity contribution in [2.75, 3.05) is 7.11 Å². The summed E-state index contributed by atoms with van der Waals surface area (Å²) in [6.07, 6.45) is 0. The lowest BCUT2D eigenvalue weighted by atomic mass is 10.0. The number of carboxylic acids is 1. The smallest absolute Gasteiger partial charge is 0.336 e. The van der Waals surface area contributed by atoms with E-state index in [9.17, 15) is 14.3 Å². The summed E-state index contributed by atoms with van der Waals surface area (Å²) >= 11 is 0. The number of aromatic nitrogens is 3. The zero-order valence-electron chi connectivity index (χ0n) is 14.2. The summed E-state index contributed by atoms with van der Waals surface area (Å²) in [5, 5.41) is 17.1. The Hall–Kier alpha value is -3.74. The minimum absolute atomic E-state index is 0.0684. The number of carboxylic acid groups (broad SMARTS) is 1. The molecule has 0 radical (unpaired) electrons. The van der Waals surface area contributed by atoms with Crippen LogP contribution < -0.4 is 4.74 Å². The van der Waals surface area contributed by atoms with Crippen LogP contribution in [0.1, 0.15) is 10.4 Å². The number of fused-ring (bicyclic) bond motifs is 1. The Morgan fingerprint density at radius 2 is 1.74 bits per heavy atom. The second kappa shape index (κ2) is 6.53. The predicted molar refractivity (Wildman–Crippen MR) is 98.2 cm³/mol. The van der Waals surface area contributed by atoms with Crippen LogP contribution in [0.15, 0.2) is 54.6 Å². The van der Waals surface area contributed by atoms with E-state index in [0.29, 0.717) is 28.1 Å². The molecular weight excluding hydrogens is 349 g/mol. The highest BCUT2D eigenvalue weighted by Crippen LogP contribution is 2.32. The number of pyridine rings is 1. The molecule has 2 aromatic carbocycles. The molecule has 27 heavy (non-hydrogen) atoms. The molecule has 6 nitrogen and oxygen atoms in total. The van der Waals surface area contributed by atoms with Crippen LogP contribution in [0.25, 0.3) is 33.5 Å². The molecule has 0 bridgehead atoms. The molecule has 0 spiro atoms. The predicted octanol–water partition coefficient (Wildman–Crippen LogP) is 4.14. The molecular formula is C20H14FN3O3. The van der Waals surface area contributed by atoms with Gasteiger partial charge in [-0.2, -0.15) is 5.10 Å². The number of aromatic carboxylic acids is 1. The van der Waals surface area contributed by atoms with Crippen LogP contribution in [-0.2, 0) is 0 Å². The Morgan fingerprint density at radius 1 is 1.07 bits per heavy atom. The van der Waals surface area contributed by atoms with Gasteiger partial charge in [-0.3, -0.25) is 5.10 Å². The topological polar surface area (TPSA) is 88.1 Å². The molecule has 0 aliphatic rings. The minimum Gasteiger partial charge on any atom is -0.497 e. The van der Waals surface area contributed by atoms with Crippen LogP contribution in [0.3, 0.4) is 0 Å². The number of nitrogens with one attached hydrogen (secondary N) is 1. The van der Waals surface area contributed by atoms with E-state index >= 15 is 0 Å². The van der Waals surface area contributed by atoms with E-state index in [0.717, 1.165) is 5.56 Å². The zero-order valence-corrected chi connectivity index (χ0v) is 14.2. The van der Waals surface area contributed by atoms with Crippen LogP contribution in [-0.4, -0.2) is 33.4 Å². The average Bonchev–Trinajstić information content (AvgIpc) is 3.12. The van der Waals surface area contributed by atoms with Crippen LogP contribution in [0, 0.1) is 5.82 Å². The summed E-state index contributed by atoms with van der Waals surface area (Å²) in [6, 6.07) is 14.4. The number of nitrogens with zero attached hydrogens (tertiary/aromatic N) is 2. The van der Waals surface area contributed by atoms with Gasteiger partial charge in [0.05, 0.1) is 29.4 Å². The Bertz CT molecular complexity index is 1140. The molecule has 7 heteroatoms. The van der Waals surface area contributed by atoms with Crippen molar-refractivity contribution in [3.8, 4) is 28.3 Å². The van der Waals surface area contributed by atoms with Gasteiger partial charge in [0.15, 0.2) is 5.65 Å². The molecule has 0 aliphatic heterocycles. The van der Waals surface area contributed by atoms with Gasteiger partial charge in [0.1, 0.15) is 11.6 Å². The van der Waals surface area contributed by atoms with Gasteiger partial charge < -0.3 is 9.84 Å². The van der Waals surface area contributed by atoms with E-state index in [1.165, 1.54) is 18.2 Å². The molecule has 0 atom stereocenters. The first-order valence-electron chi connectivity index (χ1n) is 8.09. The first kappa shape index (κ1) is 16.7. The maximum absolute atomic E-state index is 13.2. The normalized spacial score (nSPS) is 10.9. The summed E-state index contributed by atoms with van der Waals surface area (Å²) in [5.41, 5.74) is 2.68. The van der Waals surface area contributed by atoms with Crippen molar-refractivity contribution in [2.45, 2.75) is 0 Å². The van der Waals surface area contributed by atoms with Gasteiger partial charge in [-0.1, -0.05) is 0 Å². The van der Waals surface area contributed by atoms with Gasteiger partial charge >= 0.3 is 5.97 Å². The molecule has 2 aromatic heterocycles. The van der Waals surface area contributed by atoms with Gasteiger partial charge in [0.25, 0.3) is 0 Å². The van der Waals surface area contributed by atoms with Crippen LogP contribution in [0.5, 0.6) is 5.75 Å². The van der Waals surface area contributed by atoms with E-state index in [2.05, 4.69) is 15.2 Å². The molecule has 4 aromatic rings. The number of H-pyrrole nitrogens is 1. The van der Waals surface area contributed by atoms with E-state index in [1.54, 1.807) is 43.5 Å². The summed E-state index contributed by atoms with van der Waals surface area (Å²) in [5.74, 6) is -0.778. The third kappa shape index (κ3) is 2.99. The van der Waals surface area contributed by atoms with Crippen molar-refractivity contribution < 1.29 is 19.0 Å². The monoisotopic (exact) mass is 363 g/mol. The van der Waals surface area contributed by atoms with Crippen molar-refractivity contribution in [3.05, 3.63) is 66.0 Å². The first-order valence-corrected chi connectivity index (χ1v) is 8.09. The zero-order chi connectivity index (χ0) is 19.0. The van der Waals surface area contributed by atoms with Crippen LogP contribution >= 0.6 is 0 Å². The third-order valence-electron chi connectivity index (χ3n) is 4.27. The number of ether oxygens (including phenoxy) is 1. The van der Waals surface area contributed by atoms with Crippen molar-refractivity contribution in [1.82, 2.24) is 15.2 Å². The number of rotatable bonds is 4. The molecule has 0 fully saturated rings. The highest BCUT2D eigenvalue weighted by atomic mass is 19.1. The van der Waals surface area contributed by atoms with Gasteiger partial charge in [0, 0.05) is 11.1 Å². The molecule has 2 heterocycles. The fourth-order valence-corrected chi connectivity index (χ4v) is 2.93. The van der Waals surface area contributed by atoms with E-state index < -0.39 is 5.97 Å². The number of benzene rings is 2. The summed E-state index contributed by atoms with van der Waals surface area (Å²) in [6.45, 7) is 0. The molecule has 0 unspecified atom stereocenters. The molecule has 0 saturated heterocycles. The Morgan fingerprint density at radius 3 is 2.37 bits per heavy atom. The third-order valence-corrected chi connectivity index (χ3v) is 4.27. The summed E-state index contributed by atoms with van der Waals surface area (Å²) in [4.78, 5) is 16.4. The van der Waals surface area contributed by atoms with Crippen molar-refractivity contribution in [1.29, 1.82) is 0 Å². The standard InChI is InChI=1S/C20H14FN3O3/c1-27-14-8-4-11(5-9-14)16-10-15(20(25)26)17-18(23-24-19(17)22-16)12-2-6-13(21)7-3-12/h2-10H,1H3,(H,25,26)(H,22,23,24). The number of methoxy groups -OCH3 is 1. The number of hydrogen-bond acceptors (Lipinski definition) is 4. The van der Waals surface area contributed by atoms with E-state index in [-0.39, 0.29) is 17.0 Å². The SMILES string of the molecule is COc1ccc(-c2cc(C(=O)O)c3c(-c4ccc(F)cc4)[nH]nc3n2)cc1. The lowest BCUT2D eigenvalue weighted by molar-refractivity contribution is 0.0699. The molecule has 2 N–H and O–H groups in total. The molecule has 4 rings (SSSR count). The number of halogens is 1. The molecule has 134 valence electrons. The Labute approximate surface area is 153 Å². The Balaban J connectivity index is 1.90. The second-order valence-electron chi connectivity index (χ2n) is 5.89. The lowest BCUT2D eigenvalue weighted by Crippen LogP contribution is -2.00. The number of aromatic amines is 1. The molecule has 0 saturated carbocycles. The number of hydrogen-bond donors (Lipinski definition) is 2. The molecule has 0 amide bonds.